The number of aliphatic hydroxyl groups is 15. The van der Waals surface area contributed by atoms with Gasteiger partial charge in [0, 0.05) is 12.8 Å². The van der Waals surface area contributed by atoms with Crippen molar-refractivity contribution in [1.82, 2.24) is 5.32 Å². The molecule has 7 aliphatic rings. The quantitative estimate of drug-likeness (QED) is 0.0454. The molecule has 3 aliphatic carbocycles. The highest BCUT2D eigenvalue weighted by molar-refractivity contribution is 5.73. The van der Waals surface area contributed by atoms with Crippen LogP contribution in [0.4, 0.5) is 0 Å². The minimum atomic E-state index is -1.90. The lowest BCUT2D eigenvalue weighted by atomic mass is 9.42. The van der Waals surface area contributed by atoms with E-state index in [1.54, 1.807) is 6.92 Å². The summed E-state index contributed by atoms with van der Waals surface area (Å²) < 4.78 is 49.2. The smallest absolute Gasteiger partial charge is 0.217 e. The number of carbonyl (C=O) groups is 1. The third-order valence-corrected chi connectivity index (χ3v) is 19.5. The number of allylic oxidation sites excluding steroid dienone is 1. The molecule has 7 fully saturated rings. The van der Waals surface area contributed by atoms with E-state index in [1.807, 2.05) is 13.0 Å². The van der Waals surface area contributed by atoms with Crippen molar-refractivity contribution in [2.75, 3.05) is 19.8 Å². The van der Waals surface area contributed by atoms with Crippen LogP contribution in [0.25, 0.3) is 0 Å². The molecule has 25 nitrogen and oxygen atoms in total. The molecule has 3 saturated carbocycles. The molecule has 0 aromatic heterocycles. The largest absolute Gasteiger partial charge is 0.394 e. The van der Waals surface area contributed by atoms with Crippen LogP contribution in [0.5, 0.6) is 0 Å². The Balaban J connectivity index is 1.13. The predicted octanol–water partition coefficient (Wildman–Crippen LogP) is -2.95. The third-order valence-electron chi connectivity index (χ3n) is 19.5. The van der Waals surface area contributed by atoms with E-state index in [0.717, 1.165) is 12.5 Å². The van der Waals surface area contributed by atoms with Crippen LogP contribution in [0, 0.1) is 34.0 Å². The van der Waals surface area contributed by atoms with Crippen LogP contribution in [0.15, 0.2) is 11.6 Å². The molecule has 4 aliphatic heterocycles. The van der Waals surface area contributed by atoms with Gasteiger partial charge >= 0.3 is 0 Å². The normalized spacial score (nSPS) is 47.8. The van der Waals surface area contributed by atoms with Crippen LogP contribution >= 0.6 is 0 Å². The van der Waals surface area contributed by atoms with Crippen LogP contribution in [0.3, 0.4) is 0 Å². The number of rotatable bonds is 19. The second kappa shape index (κ2) is 25.3. The zero-order valence-electron chi connectivity index (χ0n) is 47.7. The van der Waals surface area contributed by atoms with E-state index in [4.69, 9.17) is 37.9 Å². The lowest BCUT2D eigenvalue weighted by Gasteiger charge is -2.64. The fraction of sp³-hybridized carbons (Fsp3) is 0.945. The number of hydrogen-bond acceptors (Lipinski definition) is 24. The summed E-state index contributed by atoms with van der Waals surface area (Å²) in [4.78, 5) is 12.3. The first kappa shape index (κ1) is 65.8. The molecule has 0 aromatic carbocycles. The predicted molar refractivity (Wildman–Crippen MR) is 277 cm³/mol. The van der Waals surface area contributed by atoms with E-state index in [9.17, 15) is 81.4 Å². The molecule has 16 N–H and O–H groups in total. The molecule has 1 amide bonds. The highest BCUT2D eigenvalue weighted by Gasteiger charge is 2.69. The first-order valence-corrected chi connectivity index (χ1v) is 28.4. The van der Waals surface area contributed by atoms with E-state index in [2.05, 4.69) is 33.0 Å². The molecule has 29 atom stereocenters. The maximum absolute atomic E-state index is 12.3. The Kier molecular flexibility index (Phi) is 20.8. The van der Waals surface area contributed by atoms with Crippen LogP contribution in [-0.2, 0) is 42.7 Å². The lowest BCUT2D eigenvalue weighted by Crippen LogP contribution is -2.68. The molecule has 0 radical (unpaired) electrons. The fourth-order valence-corrected chi connectivity index (χ4v) is 15.2. The van der Waals surface area contributed by atoms with E-state index in [1.165, 1.54) is 20.8 Å². The van der Waals surface area contributed by atoms with E-state index in [-0.39, 0.29) is 24.9 Å². The van der Waals surface area contributed by atoms with Gasteiger partial charge < -0.3 is 120 Å². The molecule has 7 rings (SSSR count). The van der Waals surface area contributed by atoms with Gasteiger partial charge in [-0.15, -0.1) is 0 Å². The summed E-state index contributed by atoms with van der Waals surface area (Å²) in [5.74, 6) is -1.26. The molecule has 0 spiro atoms. The molecule has 4 heterocycles. The van der Waals surface area contributed by atoms with Crippen molar-refractivity contribution in [2.45, 2.75) is 273 Å². The van der Waals surface area contributed by atoms with Gasteiger partial charge in [-0.3, -0.25) is 4.79 Å². The van der Waals surface area contributed by atoms with Crippen LogP contribution in [0.1, 0.15) is 121 Å². The zero-order chi connectivity index (χ0) is 59.5. The summed E-state index contributed by atoms with van der Waals surface area (Å²) in [5.41, 5.74) is -3.59. The average molecular weight is 1150 g/mol. The van der Waals surface area contributed by atoms with Gasteiger partial charge in [0.25, 0.3) is 0 Å². The third kappa shape index (κ3) is 13.2. The molecule has 0 unspecified atom stereocenters. The summed E-state index contributed by atoms with van der Waals surface area (Å²) in [7, 11) is 0. The highest BCUT2D eigenvalue weighted by atomic mass is 16.8. The van der Waals surface area contributed by atoms with Crippen LogP contribution in [-0.4, -0.2) is 255 Å². The maximum atomic E-state index is 12.3. The molecule has 0 aromatic rings. The second-order valence-electron chi connectivity index (χ2n) is 26.2. The number of fused-ring (bicyclic) bond motifs is 3. The Labute approximate surface area is 467 Å². The Hall–Kier alpha value is -1.71. The molecule has 4 saturated heterocycles. The van der Waals surface area contributed by atoms with Gasteiger partial charge in [-0.05, 0) is 114 Å². The lowest BCUT2D eigenvalue weighted by molar-refractivity contribution is -0.394. The van der Waals surface area contributed by atoms with Gasteiger partial charge in [0.15, 0.2) is 25.2 Å². The van der Waals surface area contributed by atoms with E-state index < -0.39 is 194 Å². The summed E-state index contributed by atoms with van der Waals surface area (Å²) in [6.07, 6.45) is -27.9. The Bertz CT molecular complexity index is 2080. The SMILES string of the molecule is CC(=O)N[C@H]1[C@H](O[C@H]2[C@H](O[C@H]3[C@H](O[C@H]4CC[C@]5(C)[C@H]6C[C@@H](O)[C@@H]([C@](C)(O)CC/C=C(\C)C[C@H](O)[C@H](O)C(C)(C)O)[C@]6(C)CC[C@H]5C4(C)C)O[C@H](CO[C@@H]4OC[C@@H](O)[C@H](O)[C@H]4O)[C@@H](O)[C@@H]3O)O[C@@H](C)[C@H](O)[C@H]2O)O[C@H](CO)[C@@H](O)[C@@H]1O. The Morgan fingerprint density at radius 1 is 0.700 bits per heavy atom. The summed E-state index contributed by atoms with van der Waals surface area (Å²) in [5, 5.41) is 167. The van der Waals surface area contributed by atoms with Crippen LogP contribution < -0.4 is 5.32 Å². The van der Waals surface area contributed by atoms with Gasteiger partial charge in [0.2, 0.25) is 5.91 Å². The van der Waals surface area contributed by atoms with Crippen molar-refractivity contribution in [2.24, 2.45) is 34.0 Å². The maximum Gasteiger partial charge on any atom is 0.217 e. The van der Waals surface area contributed by atoms with Gasteiger partial charge in [0.1, 0.15) is 91.5 Å². The minimum absolute atomic E-state index is 0.0479. The van der Waals surface area contributed by atoms with Crippen molar-refractivity contribution in [3.05, 3.63) is 11.6 Å². The van der Waals surface area contributed by atoms with Gasteiger partial charge in [-0.2, -0.15) is 0 Å². The number of amides is 1. The van der Waals surface area contributed by atoms with Gasteiger partial charge in [0.05, 0.1) is 55.4 Å². The van der Waals surface area contributed by atoms with Gasteiger partial charge in [-0.1, -0.05) is 39.3 Å². The molecule has 0 bridgehead atoms. The van der Waals surface area contributed by atoms with Crippen molar-refractivity contribution in [1.29, 1.82) is 0 Å². The number of ether oxygens (including phenoxy) is 8. The number of hydrogen-bond donors (Lipinski definition) is 16. The Morgan fingerprint density at radius 3 is 1.91 bits per heavy atom. The summed E-state index contributed by atoms with van der Waals surface area (Å²) in [6, 6.07) is -1.50. The highest BCUT2D eigenvalue weighted by Crippen LogP contribution is 2.71. The van der Waals surface area contributed by atoms with E-state index in [0.29, 0.717) is 44.9 Å². The van der Waals surface area contributed by atoms with Gasteiger partial charge in [-0.25, -0.2) is 0 Å². The summed E-state index contributed by atoms with van der Waals surface area (Å²) >= 11 is 0. The number of carbonyl (C=O) groups excluding carboxylic acids is 1. The second-order valence-corrected chi connectivity index (χ2v) is 26.2. The van der Waals surface area contributed by atoms with Crippen molar-refractivity contribution < 1.29 is 119 Å². The molecule has 80 heavy (non-hydrogen) atoms. The number of aliphatic hydroxyl groups excluding tert-OH is 13. The molecule has 464 valence electrons. The monoisotopic (exact) mass is 1150 g/mol. The van der Waals surface area contributed by atoms with E-state index >= 15 is 0 Å². The van der Waals surface area contributed by atoms with Crippen molar-refractivity contribution >= 4 is 5.91 Å². The molecular formula is C55H95NO24. The Morgan fingerprint density at radius 2 is 1.29 bits per heavy atom. The zero-order valence-corrected chi connectivity index (χ0v) is 47.7. The fourth-order valence-electron chi connectivity index (χ4n) is 15.2. The van der Waals surface area contributed by atoms with Crippen LogP contribution in [0.2, 0.25) is 0 Å². The average Bonchev–Trinajstić information content (AvgIpc) is 3.67. The number of nitrogens with one attached hydrogen (secondary N) is 1. The first-order chi connectivity index (χ1) is 37.1. The van der Waals surface area contributed by atoms with Crippen molar-refractivity contribution in [3.8, 4) is 0 Å². The first-order valence-electron chi connectivity index (χ1n) is 28.4. The summed E-state index contributed by atoms with van der Waals surface area (Å²) in [6.45, 7) is 15.8. The standard InChI is InChI=1S/C55H95NO24/c1-23(18-27(60)46(70)52(6,7)71)12-11-15-55(10,72)45-26(59)19-32-53(8)17-14-33(51(4,5)31(53)13-16-54(32,45)9)78-50-44(41(68)38(65)30(77-50)22-74-48-42(69)36(63)28(61)21-73-48)80-49-43(40(67)35(62)24(2)75-49)79-47-34(56-25(3)58)39(66)37(64)29(20-57)76-47/h12,24,26-50,57,59-72H,11,13-22H2,1-10H3,(H,56,58)/b23-12+/t24-,26+,27-,28+,29+,30+,31-,32+,33-,34+,35-,36-,37+,38+,39+,40+,41-,42+,43+,44+,45+,46-,47-,48-,49-,50-,53-,54+,55+/m0/s1. The molecular weight excluding hydrogens is 1060 g/mol. The minimum Gasteiger partial charge on any atom is -0.394 e. The topological polar surface area (TPSA) is 406 Å². The van der Waals surface area contributed by atoms with Crippen molar-refractivity contribution in [3.63, 3.8) is 0 Å². The molecule has 25 heteroatoms.